The third-order valence-corrected chi connectivity index (χ3v) is 16.5. The minimum absolute atomic E-state index is 0.0629. The second-order valence-electron chi connectivity index (χ2n) is 21.6. The number of piperidine rings is 2. The fourth-order valence-electron chi connectivity index (χ4n) is 12.1. The lowest BCUT2D eigenvalue weighted by atomic mass is 9.73. The molecule has 1 saturated carbocycles. The highest BCUT2D eigenvalue weighted by Gasteiger charge is 2.39. The van der Waals surface area contributed by atoms with Crippen molar-refractivity contribution in [3.8, 4) is 22.9 Å². The molecule has 1 aliphatic carbocycles. The molecular formula is C55H70N12O3. The van der Waals surface area contributed by atoms with E-state index >= 15 is 0 Å². The summed E-state index contributed by atoms with van der Waals surface area (Å²) in [6.45, 7) is 19.8. The van der Waals surface area contributed by atoms with Gasteiger partial charge in [0.1, 0.15) is 5.75 Å². The van der Waals surface area contributed by atoms with Gasteiger partial charge in [0.05, 0.1) is 36.5 Å². The van der Waals surface area contributed by atoms with E-state index in [0.717, 1.165) is 144 Å². The smallest absolute Gasteiger partial charge is 0.272 e. The molecule has 3 fully saturated rings. The van der Waals surface area contributed by atoms with Crippen LogP contribution in [0.5, 0.6) is 5.75 Å². The molecule has 1 unspecified atom stereocenters. The van der Waals surface area contributed by atoms with E-state index in [-0.39, 0.29) is 29.4 Å². The van der Waals surface area contributed by atoms with Gasteiger partial charge in [-0.15, -0.1) is 10.2 Å². The number of carbonyl (C=O) groups excluding carboxylic acids is 2. The predicted octanol–water partition coefficient (Wildman–Crippen LogP) is 8.17. The lowest BCUT2D eigenvalue weighted by molar-refractivity contribution is -0.129. The number of ether oxygens (including phenoxy) is 1. The van der Waals surface area contributed by atoms with E-state index in [0.29, 0.717) is 29.8 Å². The topological polar surface area (TPSA) is 154 Å². The van der Waals surface area contributed by atoms with Gasteiger partial charge >= 0.3 is 0 Å². The predicted molar refractivity (Wildman–Crippen MR) is 271 cm³/mol. The highest BCUT2D eigenvalue weighted by molar-refractivity contribution is 5.92. The first-order valence-electron chi connectivity index (χ1n) is 25.8. The summed E-state index contributed by atoms with van der Waals surface area (Å²) < 4.78 is 10.6. The standard InChI is InChI=1S/C55H70N12O3/c1-35-27-50-39(28-46(35)41-30-57-62(7)31-41)9-8-22-66(50)53-47-33-64(38(4)68)26-21-49(47)67(61-53)44-19-23-63(24-20-44)32-42-18-25-65(34-55(42,5)6)52-17-15-48(59-60-52)54(69)58-43-11-13-45(14-12-43)70-51-16-10-40(29-56)36(2)37(51)3/h10,15-17,27-28,30-31,42-45H,8-9,11-14,18-26,32-34H2,1-7H3,(H,58,69). The van der Waals surface area contributed by atoms with E-state index in [1.54, 1.807) is 6.92 Å². The van der Waals surface area contributed by atoms with Gasteiger partial charge in [-0.1, -0.05) is 13.8 Å². The Morgan fingerprint density at radius 3 is 2.41 bits per heavy atom. The molecule has 15 heteroatoms. The number of anilines is 3. The maximum Gasteiger partial charge on any atom is 0.272 e. The minimum Gasteiger partial charge on any atom is -0.490 e. The summed E-state index contributed by atoms with van der Waals surface area (Å²) in [6.07, 6.45) is 13.6. The molecule has 0 spiro atoms. The van der Waals surface area contributed by atoms with Gasteiger partial charge in [-0.05, 0) is 154 Å². The molecule has 0 bridgehead atoms. The first-order chi connectivity index (χ1) is 33.7. The molecular weight excluding hydrogens is 877 g/mol. The normalized spacial score (nSPS) is 21.7. The SMILES string of the molecule is CC(=O)N1CCc2c(c(N3CCCc4cc(-c5cnn(C)c5)c(C)cc43)nn2C2CCN(CC3CCN(c4ccc(C(=O)NC5CCC(Oc6ccc(C#N)c(C)c6C)CC5)nn4)CC3(C)C)CC2)C1. The molecule has 2 saturated heterocycles. The van der Waals surface area contributed by atoms with E-state index in [2.05, 4.69) is 85.2 Å². The number of nitriles is 1. The number of nitrogens with one attached hydrogen (secondary N) is 1. The van der Waals surface area contributed by atoms with E-state index in [1.807, 2.05) is 60.9 Å². The minimum atomic E-state index is -0.184. The molecule has 2 amide bonds. The first kappa shape index (κ1) is 47.4. The van der Waals surface area contributed by atoms with Crippen LogP contribution in [0.1, 0.15) is 128 Å². The summed E-state index contributed by atoms with van der Waals surface area (Å²) >= 11 is 0. The lowest BCUT2D eigenvalue weighted by Crippen LogP contribution is -2.50. The molecule has 0 radical (unpaired) electrons. The number of fused-ring (bicyclic) bond motifs is 2. The molecule has 7 heterocycles. The van der Waals surface area contributed by atoms with Crippen molar-refractivity contribution in [2.24, 2.45) is 18.4 Å². The van der Waals surface area contributed by atoms with Gasteiger partial charge in [0.25, 0.3) is 5.91 Å². The van der Waals surface area contributed by atoms with Crippen LogP contribution in [0.25, 0.3) is 11.1 Å². The van der Waals surface area contributed by atoms with Crippen LogP contribution < -0.4 is 19.9 Å². The Morgan fingerprint density at radius 2 is 1.71 bits per heavy atom. The van der Waals surface area contributed by atoms with Gasteiger partial charge in [0.2, 0.25) is 5.91 Å². The van der Waals surface area contributed by atoms with Gasteiger partial charge in [-0.2, -0.15) is 15.5 Å². The third-order valence-electron chi connectivity index (χ3n) is 16.5. The molecule has 70 heavy (non-hydrogen) atoms. The van der Waals surface area contributed by atoms with Crippen LogP contribution in [0, 0.1) is 43.4 Å². The van der Waals surface area contributed by atoms with Crippen molar-refractivity contribution in [2.75, 3.05) is 55.6 Å². The molecule has 368 valence electrons. The summed E-state index contributed by atoms with van der Waals surface area (Å²) in [5.74, 6) is 3.16. The van der Waals surface area contributed by atoms with Gasteiger partial charge in [0, 0.05) is 101 Å². The maximum atomic E-state index is 13.3. The van der Waals surface area contributed by atoms with Crippen LogP contribution in [0.2, 0.25) is 0 Å². The fraction of sp³-hybridized carbons (Fsp3) is 0.545. The first-order valence-corrected chi connectivity index (χ1v) is 25.8. The Balaban J connectivity index is 0.734. The average Bonchev–Trinajstić information content (AvgIpc) is 3.97. The Kier molecular flexibility index (Phi) is 13.2. The largest absolute Gasteiger partial charge is 0.490 e. The van der Waals surface area contributed by atoms with Crippen molar-refractivity contribution in [3.05, 3.63) is 93.6 Å². The molecule has 5 aromatic rings. The average molecular weight is 947 g/mol. The molecule has 4 aliphatic heterocycles. The molecule has 5 aliphatic rings. The zero-order valence-electron chi connectivity index (χ0n) is 42.3. The van der Waals surface area contributed by atoms with Crippen molar-refractivity contribution in [1.29, 1.82) is 5.26 Å². The molecule has 15 nitrogen and oxygen atoms in total. The Hall–Kier alpha value is -6.27. The van der Waals surface area contributed by atoms with Crippen LogP contribution in [0.3, 0.4) is 0 Å². The van der Waals surface area contributed by atoms with E-state index in [1.165, 1.54) is 33.6 Å². The van der Waals surface area contributed by atoms with Crippen LogP contribution in [0.4, 0.5) is 17.3 Å². The second-order valence-corrected chi connectivity index (χ2v) is 21.6. The number of likely N-dealkylation sites (tertiary alicyclic amines) is 1. The highest BCUT2D eigenvalue weighted by atomic mass is 16.5. The zero-order chi connectivity index (χ0) is 48.8. The third kappa shape index (κ3) is 9.51. The quantitative estimate of drug-likeness (QED) is 0.144. The highest BCUT2D eigenvalue weighted by Crippen LogP contribution is 2.43. The summed E-state index contributed by atoms with van der Waals surface area (Å²) in [4.78, 5) is 35.5. The van der Waals surface area contributed by atoms with Crippen LogP contribution in [0.15, 0.2) is 48.8 Å². The van der Waals surface area contributed by atoms with E-state index in [4.69, 9.17) is 9.84 Å². The summed E-state index contributed by atoms with van der Waals surface area (Å²) in [6, 6.07) is 14.8. The molecule has 3 aromatic heterocycles. The number of hydrogen-bond donors (Lipinski definition) is 1. The Bertz CT molecular complexity index is 2790. The van der Waals surface area contributed by atoms with Crippen LogP contribution >= 0.6 is 0 Å². The molecule has 1 N–H and O–H groups in total. The zero-order valence-corrected chi connectivity index (χ0v) is 42.3. The Morgan fingerprint density at radius 1 is 0.914 bits per heavy atom. The van der Waals surface area contributed by atoms with Crippen molar-refractivity contribution in [3.63, 3.8) is 0 Å². The molecule has 2 aromatic carbocycles. The van der Waals surface area contributed by atoms with Gasteiger partial charge < -0.3 is 29.7 Å². The monoisotopic (exact) mass is 947 g/mol. The fourth-order valence-corrected chi connectivity index (χ4v) is 12.1. The number of aromatic nitrogens is 6. The number of nitrogens with zero attached hydrogens (tertiary/aromatic N) is 11. The second kappa shape index (κ2) is 19.5. The van der Waals surface area contributed by atoms with Crippen molar-refractivity contribution < 1.29 is 14.3 Å². The summed E-state index contributed by atoms with van der Waals surface area (Å²) in [5, 5.41) is 31.5. The van der Waals surface area contributed by atoms with Crippen molar-refractivity contribution >= 4 is 29.1 Å². The van der Waals surface area contributed by atoms with Crippen molar-refractivity contribution in [2.45, 2.75) is 130 Å². The maximum absolute atomic E-state index is 13.3. The van der Waals surface area contributed by atoms with Crippen molar-refractivity contribution in [1.82, 2.24) is 44.9 Å². The number of amides is 2. The van der Waals surface area contributed by atoms with Gasteiger partial charge in [-0.25, -0.2) is 0 Å². The lowest BCUT2D eigenvalue weighted by Gasteiger charge is -2.47. The van der Waals surface area contributed by atoms with Gasteiger partial charge in [-0.3, -0.25) is 19.0 Å². The Labute approximate surface area is 413 Å². The molecule has 10 rings (SSSR count). The summed E-state index contributed by atoms with van der Waals surface area (Å²) in [5.41, 5.74) is 11.8. The van der Waals surface area contributed by atoms with Crippen LogP contribution in [-0.2, 0) is 31.2 Å². The van der Waals surface area contributed by atoms with Crippen LogP contribution in [-0.4, -0.2) is 109 Å². The number of benzene rings is 2. The molecule has 1 atom stereocenters. The van der Waals surface area contributed by atoms with E-state index in [9.17, 15) is 14.9 Å². The number of carbonyl (C=O) groups is 2. The number of hydrogen-bond acceptors (Lipinski definition) is 11. The van der Waals surface area contributed by atoms with Gasteiger partial charge in [0.15, 0.2) is 17.3 Å². The summed E-state index contributed by atoms with van der Waals surface area (Å²) in [7, 11) is 1.97. The van der Waals surface area contributed by atoms with E-state index < -0.39 is 0 Å². The number of rotatable bonds is 10. The number of aryl methyl sites for hydroxylation is 3.